The topological polar surface area (TPSA) is 214 Å². The molecule has 4 amide bonds. The summed E-state index contributed by atoms with van der Waals surface area (Å²) in [5, 5.41) is 10.4. The van der Waals surface area contributed by atoms with Crippen LogP contribution in [0.2, 0.25) is 0 Å². The Morgan fingerprint density at radius 2 is 0.478 bits per heavy atom. The highest BCUT2D eigenvalue weighted by Crippen LogP contribution is 1.76. The van der Waals surface area contributed by atoms with Crippen LogP contribution in [0, 0.1) is 0 Å². The molecular formula is C28H54N10O8. The summed E-state index contributed by atoms with van der Waals surface area (Å²) in [4.78, 5) is 90.8. The van der Waals surface area contributed by atoms with Crippen LogP contribution in [0.1, 0.15) is 69.2 Å². The molecule has 0 saturated heterocycles. The minimum absolute atomic E-state index is 0.0880. The van der Waals surface area contributed by atoms with E-state index in [0.717, 1.165) is 27.4 Å². The molecule has 0 saturated carbocycles. The Labute approximate surface area is 268 Å². The van der Waals surface area contributed by atoms with Crippen molar-refractivity contribution in [3.8, 4) is 0 Å². The van der Waals surface area contributed by atoms with Crippen molar-refractivity contribution in [2.24, 2.45) is 0 Å². The molecular weight excluding hydrogens is 604 g/mol. The van der Waals surface area contributed by atoms with E-state index >= 15 is 0 Å². The zero-order chi connectivity index (χ0) is 36.0. The van der Waals surface area contributed by atoms with Crippen LogP contribution in [0.4, 0.5) is 9.59 Å². The quantitative estimate of drug-likeness (QED) is 0.251. The number of amides is 4. The first kappa shape index (κ1) is 43.5. The number of nitrogens with zero attached hydrogens (tertiary/aromatic N) is 6. The molecule has 0 aromatic carbocycles. The van der Waals surface area contributed by atoms with Crippen LogP contribution in [0.5, 0.6) is 0 Å². The van der Waals surface area contributed by atoms with Gasteiger partial charge in [-0.1, -0.05) is 0 Å². The molecule has 0 radical (unpaired) electrons. The van der Waals surface area contributed by atoms with Gasteiger partial charge in [0, 0.05) is 65.4 Å². The molecule has 0 bridgehead atoms. The maximum Gasteiger partial charge on any atom is 0.336 e. The molecule has 2 rings (SSSR count). The van der Waals surface area contributed by atoms with E-state index in [9.17, 15) is 38.4 Å². The Kier molecular flexibility index (Phi) is 22.4. The van der Waals surface area contributed by atoms with Gasteiger partial charge in [-0.15, -0.1) is 0 Å². The maximum absolute atomic E-state index is 11.7. The van der Waals surface area contributed by atoms with Gasteiger partial charge in [-0.2, -0.15) is 0 Å². The van der Waals surface area contributed by atoms with E-state index in [1.165, 1.54) is 0 Å². The van der Waals surface area contributed by atoms with Crippen LogP contribution in [0.3, 0.4) is 0 Å². The first-order chi connectivity index (χ1) is 21.8. The van der Waals surface area contributed by atoms with E-state index in [-0.39, 0.29) is 51.3 Å². The van der Waals surface area contributed by atoms with E-state index in [1.807, 2.05) is 27.7 Å². The zero-order valence-electron chi connectivity index (χ0n) is 29.0. The molecule has 0 atom stereocenters. The standard InChI is InChI=1S/2C9H15N3O3.2C5H12N2O/c2*1-4-10-7(13)11(5-2)9(15)12(6-3)8(10)14;2*1-3-6-5(8)7-4-2/h2*4-6H2,1-3H3;2*3-4H2,1-2H3,(H2,6,7,8). The molecule has 18 nitrogen and oxygen atoms in total. The fraction of sp³-hybridized carbons (Fsp3) is 0.714. The Morgan fingerprint density at radius 3 is 0.565 bits per heavy atom. The van der Waals surface area contributed by atoms with Crippen molar-refractivity contribution in [3.05, 3.63) is 62.9 Å². The summed E-state index contributed by atoms with van der Waals surface area (Å²) in [7, 11) is 0. The zero-order valence-corrected chi connectivity index (χ0v) is 29.0. The Hall–Kier alpha value is -4.64. The molecule has 46 heavy (non-hydrogen) atoms. The third-order valence-corrected chi connectivity index (χ3v) is 6.02. The maximum atomic E-state index is 11.7. The van der Waals surface area contributed by atoms with Gasteiger partial charge in [-0.3, -0.25) is 0 Å². The van der Waals surface area contributed by atoms with Crippen LogP contribution in [0.15, 0.2) is 28.8 Å². The summed E-state index contributed by atoms with van der Waals surface area (Å²) in [5.41, 5.74) is -3.17. The van der Waals surface area contributed by atoms with Crippen molar-refractivity contribution in [1.29, 1.82) is 0 Å². The second kappa shape index (κ2) is 23.7. The van der Waals surface area contributed by atoms with Crippen molar-refractivity contribution in [2.75, 3.05) is 26.2 Å². The number of urea groups is 2. The van der Waals surface area contributed by atoms with Crippen molar-refractivity contribution in [3.63, 3.8) is 0 Å². The third kappa shape index (κ3) is 12.8. The fourth-order valence-corrected chi connectivity index (χ4v) is 3.76. The first-order valence-electron chi connectivity index (χ1n) is 15.7. The second-order valence-corrected chi connectivity index (χ2v) is 8.94. The van der Waals surface area contributed by atoms with Gasteiger partial charge < -0.3 is 21.3 Å². The molecule has 0 spiro atoms. The van der Waals surface area contributed by atoms with E-state index in [1.54, 1.807) is 41.5 Å². The lowest BCUT2D eigenvalue weighted by molar-refractivity contribution is 0.241. The lowest BCUT2D eigenvalue weighted by atomic mass is 10.6. The molecule has 18 heteroatoms. The number of aromatic nitrogens is 6. The second-order valence-electron chi connectivity index (χ2n) is 8.94. The highest BCUT2D eigenvalue weighted by Gasteiger charge is 2.12. The van der Waals surface area contributed by atoms with E-state index in [4.69, 9.17) is 0 Å². The van der Waals surface area contributed by atoms with Crippen LogP contribution in [-0.4, -0.2) is 65.6 Å². The van der Waals surface area contributed by atoms with Crippen molar-refractivity contribution >= 4 is 12.1 Å². The smallest absolute Gasteiger partial charge is 0.336 e. The van der Waals surface area contributed by atoms with Gasteiger partial charge in [0.05, 0.1) is 0 Å². The third-order valence-electron chi connectivity index (χ3n) is 6.02. The molecule has 2 heterocycles. The summed E-state index contributed by atoms with van der Waals surface area (Å²) in [5.74, 6) is 0. The molecule has 0 aliphatic carbocycles. The van der Waals surface area contributed by atoms with Gasteiger partial charge in [0.15, 0.2) is 0 Å². The summed E-state index contributed by atoms with van der Waals surface area (Å²) < 4.78 is 6.38. The summed E-state index contributed by atoms with van der Waals surface area (Å²) in [6.07, 6.45) is 0. The van der Waals surface area contributed by atoms with Gasteiger partial charge >= 0.3 is 46.2 Å². The van der Waals surface area contributed by atoms with Crippen molar-refractivity contribution < 1.29 is 9.59 Å². The summed E-state index contributed by atoms with van der Waals surface area (Å²) in [6, 6.07) is -0.176. The summed E-state index contributed by atoms with van der Waals surface area (Å²) in [6.45, 7) is 22.1. The molecule has 0 aliphatic rings. The number of carbonyl (C=O) groups is 2. The van der Waals surface area contributed by atoms with Gasteiger partial charge in [0.25, 0.3) is 0 Å². The minimum Gasteiger partial charge on any atom is -0.338 e. The predicted octanol–water partition coefficient (Wildman–Crippen LogP) is -0.886. The number of rotatable bonds is 10. The van der Waals surface area contributed by atoms with Crippen LogP contribution < -0.4 is 55.4 Å². The number of carbonyl (C=O) groups excluding carboxylic acids is 2. The lowest BCUT2D eigenvalue weighted by Crippen LogP contribution is -2.53. The molecule has 2 aromatic heterocycles. The van der Waals surface area contributed by atoms with Gasteiger partial charge in [0.2, 0.25) is 0 Å². The number of hydrogen-bond acceptors (Lipinski definition) is 8. The Balaban J connectivity index is 0. The minimum atomic E-state index is -0.528. The Bertz CT molecular complexity index is 1230. The van der Waals surface area contributed by atoms with E-state index in [0.29, 0.717) is 26.2 Å². The summed E-state index contributed by atoms with van der Waals surface area (Å²) >= 11 is 0. The number of hydrogen-bond donors (Lipinski definition) is 4. The van der Waals surface area contributed by atoms with Crippen LogP contribution in [0.25, 0.3) is 0 Å². The monoisotopic (exact) mass is 658 g/mol. The van der Waals surface area contributed by atoms with Crippen LogP contribution in [-0.2, 0) is 39.3 Å². The molecule has 0 unspecified atom stereocenters. The average molecular weight is 659 g/mol. The average Bonchev–Trinajstić information content (AvgIpc) is 3.00. The normalized spacial score (nSPS) is 9.78. The highest BCUT2D eigenvalue weighted by atomic mass is 16.2. The molecule has 4 N–H and O–H groups in total. The van der Waals surface area contributed by atoms with E-state index < -0.39 is 34.1 Å². The molecule has 2 aromatic rings. The van der Waals surface area contributed by atoms with Gasteiger partial charge in [0.1, 0.15) is 0 Å². The van der Waals surface area contributed by atoms with Crippen LogP contribution >= 0.6 is 0 Å². The molecule has 264 valence electrons. The first-order valence-corrected chi connectivity index (χ1v) is 15.7. The van der Waals surface area contributed by atoms with Crippen molar-refractivity contribution in [1.82, 2.24) is 48.7 Å². The predicted molar refractivity (Wildman–Crippen MR) is 178 cm³/mol. The molecule has 0 fully saturated rings. The van der Waals surface area contributed by atoms with E-state index in [2.05, 4.69) is 21.3 Å². The fourth-order valence-electron chi connectivity index (χ4n) is 3.76. The lowest BCUT2D eigenvalue weighted by Gasteiger charge is -2.09. The van der Waals surface area contributed by atoms with Gasteiger partial charge in [-0.25, -0.2) is 65.8 Å². The largest absolute Gasteiger partial charge is 0.338 e. The number of nitrogens with one attached hydrogen (secondary N) is 4. The van der Waals surface area contributed by atoms with Crippen molar-refractivity contribution in [2.45, 2.75) is 109 Å². The SMILES string of the molecule is CCNC(=O)NCC.CCNC(=O)NCC.CCn1c(=O)n(CC)c(=O)n(CC)c1=O.CCn1c(=O)n(CC)c(=O)n(CC)c1=O. The highest BCUT2D eigenvalue weighted by molar-refractivity contribution is 5.73. The Morgan fingerprint density at radius 1 is 0.348 bits per heavy atom. The van der Waals surface area contributed by atoms with Gasteiger partial charge in [-0.05, 0) is 69.2 Å². The molecule has 0 aliphatic heterocycles.